The van der Waals surface area contributed by atoms with Gasteiger partial charge in [-0.1, -0.05) is 24.3 Å². The third kappa shape index (κ3) is 3.41. The van der Waals surface area contributed by atoms with E-state index in [-0.39, 0.29) is 6.04 Å². The SMILES string of the molecule is C[C@@H]1COCCN1c1cc(-c2ccc(N3C(=O)C(=O)c4ccccc43)cc2)c2cnn(-c3cc[nH]n3)c2n1. The normalized spacial score (nSPS) is 17.4. The van der Waals surface area contributed by atoms with Gasteiger partial charge in [-0.15, -0.1) is 0 Å². The number of benzene rings is 2. The van der Waals surface area contributed by atoms with E-state index in [2.05, 4.69) is 33.2 Å². The molecule has 0 bridgehead atoms. The summed E-state index contributed by atoms with van der Waals surface area (Å²) in [6.45, 7) is 4.12. The van der Waals surface area contributed by atoms with Crippen LogP contribution >= 0.6 is 0 Å². The van der Waals surface area contributed by atoms with Gasteiger partial charge in [-0.25, -0.2) is 4.98 Å². The Hall–Kier alpha value is -4.83. The number of ketones is 1. The minimum Gasteiger partial charge on any atom is -0.377 e. The number of hydrogen-bond donors (Lipinski definition) is 1. The molecule has 1 N–H and O–H groups in total. The molecule has 38 heavy (non-hydrogen) atoms. The van der Waals surface area contributed by atoms with Gasteiger partial charge in [0.2, 0.25) is 0 Å². The van der Waals surface area contributed by atoms with Crippen molar-refractivity contribution in [3.8, 4) is 16.9 Å². The van der Waals surface area contributed by atoms with Gasteiger partial charge < -0.3 is 9.64 Å². The number of nitrogens with zero attached hydrogens (tertiary/aromatic N) is 6. The molecule has 1 amide bonds. The number of nitrogens with one attached hydrogen (secondary N) is 1. The summed E-state index contributed by atoms with van der Waals surface area (Å²) in [6, 6.07) is 18.8. The van der Waals surface area contributed by atoms with E-state index in [1.165, 1.54) is 4.90 Å². The lowest BCUT2D eigenvalue weighted by molar-refractivity contribution is -0.113. The molecule has 1 saturated heterocycles. The van der Waals surface area contributed by atoms with E-state index >= 15 is 0 Å². The van der Waals surface area contributed by atoms with Crippen molar-refractivity contribution < 1.29 is 14.3 Å². The van der Waals surface area contributed by atoms with Crippen LogP contribution in [0.2, 0.25) is 0 Å². The minimum absolute atomic E-state index is 0.171. The standard InChI is InChI=1S/C28H23N7O3/c1-17-16-38-13-12-33(17)25-14-21(22-15-30-35(27(22)31-25)24-10-11-29-32-24)18-6-8-19(9-7-18)34-23-5-3-2-4-20(23)26(36)28(34)37/h2-11,14-15,17H,12-13,16H2,1H3,(H,29,32)/t17-/m1/s1. The van der Waals surface area contributed by atoms with Crippen LogP contribution in [0.15, 0.2) is 73.1 Å². The number of rotatable bonds is 4. The van der Waals surface area contributed by atoms with Crippen LogP contribution < -0.4 is 9.80 Å². The van der Waals surface area contributed by atoms with Gasteiger partial charge in [0.1, 0.15) is 5.82 Å². The number of aromatic amines is 1. The summed E-state index contributed by atoms with van der Waals surface area (Å²) in [6.07, 6.45) is 3.55. The molecule has 0 radical (unpaired) electrons. The van der Waals surface area contributed by atoms with E-state index < -0.39 is 11.7 Å². The lowest BCUT2D eigenvalue weighted by Gasteiger charge is -2.34. The highest BCUT2D eigenvalue weighted by molar-refractivity contribution is 6.53. The molecule has 2 aromatic carbocycles. The van der Waals surface area contributed by atoms with E-state index in [4.69, 9.17) is 9.72 Å². The summed E-state index contributed by atoms with van der Waals surface area (Å²) in [5.74, 6) is 0.445. The molecule has 2 aliphatic heterocycles. The summed E-state index contributed by atoms with van der Waals surface area (Å²) in [5.41, 5.74) is 4.26. The maximum atomic E-state index is 12.8. The molecule has 5 heterocycles. The quantitative estimate of drug-likeness (QED) is 0.369. The Bertz CT molecular complexity index is 1690. The number of morpholine rings is 1. The average molecular weight is 506 g/mol. The molecule has 0 aliphatic carbocycles. The number of pyridine rings is 1. The Morgan fingerprint density at radius 2 is 1.84 bits per heavy atom. The first-order valence-electron chi connectivity index (χ1n) is 12.4. The van der Waals surface area contributed by atoms with Gasteiger partial charge in [-0.2, -0.15) is 14.9 Å². The number of para-hydroxylation sites is 1. The summed E-state index contributed by atoms with van der Waals surface area (Å²) >= 11 is 0. The maximum absolute atomic E-state index is 12.8. The molecule has 10 nitrogen and oxygen atoms in total. The molecule has 3 aromatic heterocycles. The Kier molecular flexibility index (Phi) is 5.08. The number of hydrogen-bond acceptors (Lipinski definition) is 7. The fourth-order valence-electron chi connectivity index (χ4n) is 5.21. The lowest BCUT2D eigenvalue weighted by atomic mass is 10.0. The van der Waals surface area contributed by atoms with Crippen molar-refractivity contribution in [1.82, 2.24) is 25.0 Å². The molecule has 0 spiro atoms. The van der Waals surface area contributed by atoms with Gasteiger partial charge >= 0.3 is 5.91 Å². The van der Waals surface area contributed by atoms with Gasteiger partial charge in [-0.05, 0) is 48.4 Å². The molecule has 0 unspecified atom stereocenters. The number of carbonyl (C=O) groups excluding carboxylic acids is 2. The summed E-state index contributed by atoms with van der Waals surface area (Å²) in [7, 11) is 0. The van der Waals surface area contributed by atoms with Crippen molar-refractivity contribution >= 4 is 39.9 Å². The lowest BCUT2D eigenvalue weighted by Crippen LogP contribution is -2.44. The highest BCUT2D eigenvalue weighted by atomic mass is 16.5. The summed E-state index contributed by atoms with van der Waals surface area (Å²) < 4.78 is 7.38. The van der Waals surface area contributed by atoms with E-state index in [1.807, 2.05) is 36.4 Å². The van der Waals surface area contributed by atoms with Gasteiger partial charge in [0, 0.05) is 29.9 Å². The number of amides is 1. The van der Waals surface area contributed by atoms with E-state index in [0.29, 0.717) is 41.6 Å². The average Bonchev–Trinajstić information content (AvgIpc) is 3.68. The first kappa shape index (κ1) is 22.4. The Balaban J connectivity index is 1.34. The second-order valence-corrected chi connectivity index (χ2v) is 9.41. The monoisotopic (exact) mass is 505 g/mol. The molecule has 5 aromatic rings. The summed E-state index contributed by atoms with van der Waals surface area (Å²) in [5, 5.41) is 12.6. The van der Waals surface area contributed by atoms with Gasteiger partial charge in [0.25, 0.3) is 5.78 Å². The number of aromatic nitrogens is 5. The van der Waals surface area contributed by atoms with Gasteiger partial charge in [0.15, 0.2) is 11.5 Å². The number of fused-ring (bicyclic) bond motifs is 2. The predicted octanol–water partition coefficient (Wildman–Crippen LogP) is 3.90. The Labute approximate surface area is 217 Å². The molecule has 0 saturated carbocycles. The first-order chi connectivity index (χ1) is 18.6. The number of ether oxygens (including phenoxy) is 1. The number of carbonyl (C=O) groups is 2. The van der Waals surface area contributed by atoms with Crippen LogP contribution in [0.25, 0.3) is 28.0 Å². The zero-order valence-electron chi connectivity index (χ0n) is 20.5. The van der Waals surface area contributed by atoms with Crippen LogP contribution in [0.3, 0.4) is 0 Å². The van der Waals surface area contributed by atoms with Gasteiger partial charge in [0.05, 0.1) is 36.7 Å². The largest absolute Gasteiger partial charge is 0.377 e. The third-order valence-electron chi connectivity index (χ3n) is 7.12. The predicted molar refractivity (Wildman–Crippen MR) is 142 cm³/mol. The summed E-state index contributed by atoms with van der Waals surface area (Å²) in [4.78, 5) is 34.0. The van der Waals surface area contributed by atoms with Crippen molar-refractivity contribution in [2.24, 2.45) is 0 Å². The first-order valence-corrected chi connectivity index (χ1v) is 12.4. The maximum Gasteiger partial charge on any atom is 0.304 e. The molecule has 1 fully saturated rings. The van der Waals surface area contributed by atoms with Gasteiger partial charge in [-0.3, -0.25) is 19.6 Å². The van der Waals surface area contributed by atoms with Crippen molar-refractivity contribution in [3.05, 3.63) is 78.6 Å². The van der Waals surface area contributed by atoms with Crippen LogP contribution in [0.4, 0.5) is 17.2 Å². The van der Waals surface area contributed by atoms with E-state index in [0.717, 1.165) is 28.9 Å². The van der Waals surface area contributed by atoms with Crippen LogP contribution in [0.1, 0.15) is 17.3 Å². The van der Waals surface area contributed by atoms with Crippen LogP contribution in [0.5, 0.6) is 0 Å². The van der Waals surface area contributed by atoms with Crippen molar-refractivity contribution in [2.75, 3.05) is 29.6 Å². The molecule has 1 atom stereocenters. The fraction of sp³-hybridized carbons (Fsp3) is 0.179. The minimum atomic E-state index is -0.547. The van der Waals surface area contributed by atoms with Crippen LogP contribution in [-0.2, 0) is 9.53 Å². The van der Waals surface area contributed by atoms with E-state index in [9.17, 15) is 9.59 Å². The second kappa shape index (κ2) is 8.63. The van der Waals surface area contributed by atoms with Crippen molar-refractivity contribution in [2.45, 2.75) is 13.0 Å². The van der Waals surface area contributed by atoms with Crippen molar-refractivity contribution in [1.29, 1.82) is 0 Å². The van der Waals surface area contributed by atoms with Crippen molar-refractivity contribution in [3.63, 3.8) is 0 Å². The smallest absolute Gasteiger partial charge is 0.304 e. The number of anilines is 3. The zero-order valence-corrected chi connectivity index (χ0v) is 20.5. The van der Waals surface area contributed by atoms with Crippen LogP contribution in [0, 0.1) is 0 Å². The highest BCUT2D eigenvalue weighted by Gasteiger charge is 2.36. The highest BCUT2D eigenvalue weighted by Crippen LogP contribution is 2.38. The number of H-pyrrole nitrogens is 1. The Morgan fingerprint density at radius 3 is 2.63 bits per heavy atom. The molecule has 188 valence electrons. The van der Waals surface area contributed by atoms with Crippen LogP contribution in [-0.4, -0.2) is 62.5 Å². The molecular formula is C28H23N7O3. The molecule has 2 aliphatic rings. The molecular weight excluding hydrogens is 482 g/mol. The second-order valence-electron chi connectivity index (χ2n) is 9.41. The van der Waals surface area contributed by atoms with E-state index in [1.54, 1.807) is 35.3 Å². The Morgan fingerprint density at radius 1 is 1.00 bits per heavy atom. The fourth-order valence-corrected chi connectivity index (χ4v) is 5.21. The molecule has 7 rings (SSSR count). The zero-order chi connectivity index (χ0) is 25.8. The number of Topliss-reactive ketones (excluding diaryl/α,β-unsaturated/α-hetero) is 1. The molecule has 10 heteroatoms. The third-order valence-corrected chi connectivity index (χ3v) is 7.12. The topological polar surface area (TPSA) is 109 Å².